The van der Waals surface area contributed by atoms with Crippen molar-refractivity contribution in [2.75, 3.05) is 40.9 Å². The Kier molecular flexibility index (Phi) is 5.55. The third-order valence-electron chi connectivity index (χ3n) is 3.33. The van der Waals surface area contributed by atoms with Gasteiger partial charge in [0.1, 0.15) is 0 Å². The first-order chi connectivity index (χ1) is 8.43. The highest BCUT2D eigenvalue weighted by atomic mass is 16.5. The van der Waals surface area contributed by atoms with Gasteiger partial charge < -0.3 is 19.6 Å². The average molecular weight is 258 g/mol. The molecule has 1 heterocycles. The summed E-state index contributed by atoms with van der Waals surface area (Å²) in [6, 6.07) is -0.0861. The van der Waals surface area contributed by atoms with Gasteiger partial charge in [0, 0.05) is 26.6 Å². The molecule has 2 unspecified atom stereocenters. The molecule has 0 radical (unpaired) electrons. The molecule has 1 amide bonds. The maximum atomic E-state index is 11.4. The molecule has 0 aromatic heterocycles. The summed E-state index contributed by atoms with van der Waals surface area (Å²) >= 11 is 0. The fraction of sp³-hybridized carbons (Fsp3) is 0.833. The maximum Gasteiger partial charge on any atom is 0.310 e. The molecular formula is C12H22N2O4. The van der Waals surface area contributed by atoms with Gasteiger partial charge in [-0.25, -0.2) is 0 Å². The minimum absolute atomic E-state index is 0.0861. The SMILES string of the molecule is CN(C)C(=O)CCCN(C)C1COCC1C(=O)O. The van der Waals surface area contributed by atoms with Crippen molar-refractivity contribution in [3.63, 3.8) is 0 Å². The van der Waals surface area contributed by atoms with Crippen molar-refractivity contribution in [3.05, 3.63) is 0 Å². The van der Waals surface area contributed by atoms with Gasteiger partial charge >= 0.3 is 5.97 Å². The number of hydrogen-bond acceptors (Lipinski definition) is 4. The van der Waals surface area contributed by atoms with Crippen molar-refractivity contribution in [2.24, 2.45) is 5.92 Å². The number of aliphatic carboxylic acids is 1. The van der Waals surface area contributed by atoms with Gasteiger partial charge in [0.25, 0.3) is 0 Å². The molecule has 0 aromatic rings. The van der Waals surface area contributed by atoms with E-state index in [0.717, 1.165) is 6.42 Å². The van der Waals surface area contributed by atoms with Gasteiger partial charge in [0.2, 0.25) is 5.91 Å². The van der Waals surface area contributed by atoms with Gasteiger partial charge in [-0.1, -0.05) is 0 Å². The van der Waals surface area contributed by atoms with E-state index in [-0.39, 0.29) is 18.6 Å². The molecule has 6 heteroatoms. The summed E-state index contributed by atoms with van der Waals surface area (Å²) < 4.78 is 5.22. The Labute approximate surface area is 107 Å². The molecule has 1 aliphatic heterocycles. The fourth-order valence-electron chi connectivity index (χ4n) is 2.08. The van der Waals surface area contributed by atoms with E-state index in [9.17, 15) is 9.59 Å². The van der Waals surface area contributed by atoms with E-state index >= 15 is 0 Å². The van der Waals surface area contributed by atoms with Crippen LogP contribution in [0, 0.1) is 5.92 Å². The van der Waals surface area contributed by atoms with Crippen LogP contribution in [0.25, 0.3) is 0 Å². The average Bonchev–Trinajstić information content (AvgIpc) is 2.77. The lowest BCUT2D eigenvalue weighted by molar-refractivity contribution is -0.143. The molecule has 0 spiro atoms. The van der Waals surface area contributed by atoms with E-state index < -0.39 is 11.9 Å². The first-order valence-corrected chi connectivity index (χ1v) is 6.14. The van der Waals surface area contributed by atoms with E-state index in [2.05, 4.69) is 0 Å². The van der Waals surface area contributed by atoms with Crippen molar-refractivity contribution in [3.8, 4) is 0 Å². The van der Waals surface area contributed by atoms with E-state index in [1.807, 2.05) is 11.9 Å². The van der Waals surface area contributed by atoms with Gasteiger partial charge in [-0.05, 0) is 20.0 Å². The topological polar surface area (TPSA) is 70.1 Å². The van der Waals surface area contributed by atoms with Crippen LogP contribution in [0.1, 0.15) is 12.8 Å². The van der Waals surface area contributed by atoms with E-state index in [1.165, 1.54) is 0 Å². The van der Waals surface area contributed by atoms with Crippen molar-refractivity contribution >= 4 is 11.9 Å². The summed E-state index contributed by atoms with van der Waals surface area (Å²) in [5.41, 5.74) is 0. The minimum atomic E-state index is -0.811. The summed E-state index contributed by atoms with van der Waals surface area (Å²) in [5.74, 6) is -1.17. The lowest BCUT2D eigenvalue weighted by Crippen LogP contribution is -2.41. The van der Waals surface area contributed by atoms with Crippen LogP contribution in [0.2, 0.25) is 0 Å². The van der Waals surface area contributed by atoms with Crippen molar-refractivity contribution in [2.45, 2.75) is 18.9 Å². The van der Waals surface area contributed by atoms with Crippen LogP contribution >= 0.6 is 0 Å². The van der Waals surface area contributed by atoms with Gasteiger partial charge in [-0.3, -0.25) is 9.59 Å². The third kappa shape index (κ3) is 3.96. The van der Waals surface area contributed by atoms with E-state index in [0.29, 0.717) is 19.6 Å². The summed E-state index contributed by atoms with van der Waals surface area (Å²) in [7, 11) is 5.35. The van der Waals surface area contributed by atoms with Crippen LogP contribution in [0.4, 0.5) is 0 Å². The van der Waals surface area contributed by atoms with Crippen molar-refractivity contribution in [1.29, 1.82) is 0 Å². The summed E-state index contributed by atoms with van der Waals surface area (Å²) in [6.07, 6.45) is 1.22. The van der Waals surface area contributed by atoms with Crippen LogP contribution in [-0.4, -0.2) is 73.7 Å². The first-order valence-electron chi connectivity index (χ1n) is 6.14. The molecular weight excluding hydrogens is 236 g/mol. The zero-order chi connectivity index (χ0) is 13.7. The van der Waals surface area contributed by atoms with Gasteiger partial charge in [-0.15, -0.1) is 0 Å². The molecule has 1 N–H and O–H groups in total. The summed E-state index contributed by atoms with van der Waals surface area (Å²) in [6.45, 7) is 1.44. The number of carboxylic acid groups (broad SMARTS) is 1. The molecule has 2 atom stereocenters. The molecule has 1 rings (SSSR count). The number of rotatable bonds is 6. The maximum absolute atomic E-state index is 11.4. The lowest BCUT2D eigenvalue weighted by atomic mass is 10.0. The van der Waals surface area contributed by atoms with Crippen LogP contribution in [-0.2, 0) is 14.3 Å². The van der Waals surface area contributed by atoms with Crippen LogP contribution in [0.3, 0.4) is 0 Å². The fourth-order valence-corrected chi connectivity index (χ4v) is 2.08. The van der Waals surface area contributed by atoms with E-state index in [4.69, 9.17) is 9.84 Å². The lowest BCUT2D eigenvalue weighted by Gasteiger charge is -2.26. The smallest absolute Gasteiger partial charge is 0.310 e. The van der Waals surface area contributed by atoms with Gasteiger partial charge in [0.05, 0.1) is 19.1 Å². The number of hydrogen-bond donors (Lipinski definition) is 1. The molecule has 0 saturated carbocycles. The molecule has 1 aliphatic rings. The number of likely N-dealkylation sites (N-methyl/N-ethyl adjacent to an activating group) is 1. The number of carboxylic acids is 1. The normalized spacial score (nSPS) is 23.3. The Bertz CT molecular complexity index is 306. The summed E-state index contributed by atoms with van der Waals surface area (Å²) in [5, 5.41) is 9.05. The van der Waals surface area contributed by atoms with Crippen LogP contribution in [0.5, 0.6) is 0 Å². The second-order valence-corrected chi connectivity index (χ2v) is 4.92. The highest BCUT2D eigenvalue weighted by Gasteiger charge is 2.36. The van der Waals surface area contributed by atoms with Crippen LogP contribution in [0.15, 0.2) is 0 Å². The number of ether oxygens (including phenoxy) is 1. The largest absolute Gasteiger partial charge is 0.481 e. The molecule has 0 aliphatic carbocycles. The Morgan fingerprint density at radius 1 is 1.28 bits per heavy atom. The zero-order valence-corrected chi connectivity index (χ0v) is 11.3. The third-order valence-corrected chi connectivity index (χ3v) is 3.33. The number of amides is 1. The van der Waals surface area contributed by atoms with Crippen molar-refractivity contribution in [1.82, 2.24) is 9.80 Å². The number of carbonyl (C=O) groups excluding carboxylic acids is 1. The second kappa shape index (κ2) is 6.70. The number of nitrogens with zero attached hydrogens (tertiary/aromatic N) is 2. The predicted molar refractivity (Wildman–Crippen MR) is 66.3 cm³/mol. The monoisotopic (exact) mass is 258 g/mol. The number of carbonyl (C=O) groups is 2. The molecule has 1 fully saturated rings. The second-order valence-electron chi connectivity index (χ2n) is 4.92. The zero-order valence-electron chi connectivity index (χ0n) is 11.3. The van der Waals surface area contributed by atoms with Crippen LogP contribution < -0.4 is 0 Å². The quantitative estimate of drug-likeness (QED) is 0.719. The van der Waals surface area contributed by atoms with Crippen molar-refractivity contribution < 1.29 is 19.4 Å². The van der Waals surface area contributed by atoms with E-state index in [1.54, 1.807) is 19.0 Å². The molecule has 1 saturated heterocycles. The van der Waals surface area contributed by atoms with Gasteiger partial charge in [-0.2, -0.15) is 0 Å². The Morgan fingerprint density at radius 3 is 2.50 bits per heavy atom. The Balaban J connectivity index is 2.34. The standard InChI is InChI=1S/C12H22N2O4/c1-13(2)11(15)5-4-6-14(3)10-8-18-7-9(10)12(16)17/h9-10H,4-8H2,1-3H3,(H,16,17). The summed E-state index contributed by atoms with van der Waals surface area (Å²) in [4.78, 5) is 26.0. The molecule has 18 heavy (non-hydrogen) atoms. The first kappa shape index (κ1) is 14.9. The minimum Gasteiger partial charge on any atom is -0.481 e. The highest BCUT2D eigenvalue weighted by molar-refractivity contribution is 5.75. The predicted octanol–water partition coefficient (Wildman–Crippen LogP) is -0.114. The van der Waals surface area contributed by atoms with Gasteiger partial charge in [0.15, 0.2) is 0 Å². The molecule has 0 aromatic carbocycles. The molecule has 0 bridgehead atoms. The Morgan fingerprint density at radius 2 is 1.94 bits per heavy atom. The molecule has 6 nitrogen and oxygen atoms in total. The Hall–Kier alpha value is -1.14. The highest BCUT2D eigenvalue weighted by Crippen LogP contribution is 2.19. The molecule has 104 valence electrons.